The summed E-state index contributed by atoms with van der Waals surface area (Å²) in [6.45, 7) is 4.02. The summed E-state index contributed by atoms with van der Waals surface area (Å²) in [7, 11) is 1.60. The van der Waals surface area contributed by atoms with E-state index in [-0.39, 0.29) is 5.91 Å². The lowest BCUT2D eigenvalue weighted by Crippen LogP contribution is -2.35. The third kappa shape index (κ3) is 5.49. The number of nitrogens with one attached hydrogen (secondary N) is 2. The second-order valence-corrected chi connectivity index (χ2v) is 4.45. The quantitative estimate of drug-likeness (QED) is 0.739. The maximum absolute atomic E-state index is 11.4. The number of methoxy groups -OCH3 is 1. The first kappa shape index (κ1) is 15.0. The predicted octanol–water partition coefficient (Wildman–Crippen LogP) is 1.50. The zero-order valence-electron chi connectivity index (χ0n) is 10.8. The first-order valence-electron chi connectivity index (χ1n) is 5.85. The number of ether oxygens (including phenoxy) is 1. The number of amides is 1. The molecule has 2 N–H and O–H groups in total. The molecule has 0 atom stereocenters. The van der Waals surface area contributed by atoms with Gasteiger partial charge >= 0.3 is 0 Å². The molecule has 1 aromatic carbocycles. The molecule has 0 unspecified atom stereocenters. The topological polar surface area (TPSA) is 50.4 Å². The van der Waals surface area contributed by atoms with E-state index in [4.69, 9.17) is 16.3 Å². The Labute approximate surface area is 113 Å². The molecule has 0 aliphatic rings. The Morgan fingerprint density at radius 1 is 1.44 bits per heavy atom. The molecule has 0 aromatic heterocycles. The van der Waals surface area contributed by atoms with Gasteiger partial charge in [0.2, 0.25) is 5.91 Å². The van der Waals surface area contributed by atoms with Gasteiger partial charge in [0.25, 0.3) is 0 Å². The number of hydrogen-bond acceptors (Lipinski definition) is 3. The lowest BCUT2D eigenvalue weighted by molar-refractivity contribution is -0.120. The van der Waals surface area contributed by atoms with E-state index in [2.05, 4.69) is 10.6 Å². The van der Waals surface area contributed by atoms with Crippen LogP contribution in [0.2, 0.25) is 5.02 Å². The monoisotopic (exact) mass is 270 g/mol. The molecule has 5 heteroatoms. The third-order valence-electron chi connectivity index (χ3n) is 2.53. The molecule has 0 saturated heterocycles. The van der Waals surface area contributed by atoms with Crippen molar-refractivity contribution < 1.29 is 9.53 Å². The second kappa shape index (κ2) is 8.08. The van der Waals surface area contributed by atoms with Crippen LogP contribution in [-0.4, -0.2) is 32.7 Å². The molecular formula is C13H19ClN2O2. The van der Waals surface area contributed by atoms with Gasteiger partial charge in [-0.2, -0.15) is 0 Å². The number of benzene rings is 1. The summed E-state index contributed by atoms with van der Waals surface area (Å²) in [4.78, 5) is 11.4. The van der Waals surface area contributed by atoms with Crippen molar-refractivity contribution in [2.24, 2.45) is 0 Å². The van der Waals surface area contributed by atoms with Crippen molar-refractivity contribution in [2.45, 2.75) is 13.5 Å². The molecule has 0 bridgehead atoms. The van der Waals surface area contributed by atoms with E-state index in [0.29, 0.717) is 26.2 Å². The van der Waals surface area contributed by atoms with E-state index in [1.165, 1.54) is 0 Å². The van der Waals surface area contributed by atoms with Crippen molar-refractivity contribution in [1.82, 2.24) is 10.6 Å². The van der Waals surface area contributed by atoms with Crippen molar-refractivity contribution in [1.29, 1.82) is 0 Å². The van der Waals surface area contributed by atoms with Gasteiger partial charge in [-0.05, 0) is 30.2 Å². The minimum absolute atomic E-state index is 0.0290. The number of carbonyl (C=O) groups is 1. The van der Waals surface area contributed by atoms with E-state index in [0.717, 1.165) is 16.1 Å². The Bertz CT molecular complexity index is 397. The van der Waals surface area contributed by atoms with E-state index in [1.54, 1.807) is 7.11 Å². The number of carbonyl (C=O) groups excluding carboxylic acids is 1. The summed E-state index contributed by atoms with van der Waals surface area (Å²) in [5.41, 5.74) is 2.26. The van der Waals surface area contributed by atoms with Gasteiger partial charge in [0.05, 0.1) is 13.2 Å². The molecule has 0 aliphatic heterocycles. The number of halogens is 1. The highest BCUT2D eigenvalue weighted by Crippen LogP contribution is 2.14. The first-order chi connectivity index (χ1) is 8.63. The SMILES string of the molecule is COCCNC(=O)CNCc1ccc(Cl)cc1C. The van der Waals surface area contributed by atoms with Crippen molar-refractivity contribution in [3.05, 3.63) is 34.3 Å². The number of aryl methyl sites for hydroxylation is 1. The van der Waals surface area contributed by atoms with Crippen LogP contribution in [-0.2, 0) is 16.1 Å². The maximum atomic E-state index is 11.4. The van der Waals surface area contributed by atoms with Gasteiger partial charge in [0.1, 0.15) is 0 Å². The van der Waals surface area contributed by atoms with Gasteiger partial charge in [-0.1, -0.05) is 17.7 Å². The summed E-state index contributed by atoms with van der Waals surface area (Å²) in [5.74, 6) is -0.0290. The summed E-state index contributed by atoms with van der Waals surface area (Å²) in [5, 5.41) is 6.57. The maximum Gasteiger partial charge on any atom is 0.234 e. The van der Waals surface area contributed by atoms with Crippen LogP contribution in [0.15, 0.2) is 18.2 Å². The largest absolute Gasteiger partial charge is 0.383 e. The molecule has 0 aliphatic carbocycles. The van der Waals surface area contributed by atoms with Gasteiger partial charge in [-0.15, -0.1) is 0 Å². The molecule has 0 radical (unpaired) electrons. The van der Waals surface area contributed by atoms with E-state index in [1.807, 2.05) is 25.1 Å². The van der Waals surface area contributed by atoms with Crippen molar-refractivity contribution >= 4 is 17.5 Å². The number of rotatable bonds is 7. The molecule has 0 saturated carbocycles. The average Bonchev–Trinajstić information content (AvgIpc) is 2.32. The Morgan fingerprint density at radius 2 is 2.22 bits per heavy atom. The van der Waals surface area contributed by atoms with Crippen molar-refractivity contribution in [3.63, 3.8) is 0 Å². The standard InChI is InChI=1S/C13H19ClN2O2/c1-10-7-12(14)4-3-11(10)8-15-9-13(17)16-5-6-18-2/h3-4,7,15H,5-6,8-9H2,1-2H3,(H,16,17). The molecule has 100 valence electrons. The lowest BCUT2D eigenvalue weighted by Gasteiger charge is -2.08. The zero-order chi connectivity index (χ0) is 13.4. The fraction of sp³-hybridized carbons (Fsp3) is 0.462. The fourth-order valence-corrected chi connectivity index (χ4v) is 1.75. The summed E-state index contributed by atoms with van der Waals surface area (Å²) < 4.78 is 4.85. The van der Waals surface area contributed by atoms with Crippen molar-refractivity contribution in [3.8, 4) is 0 Å². The molecular weight excluding hydrogens is 252 g/mol. The summed E-state index contributed by atoms with van der Waals surface area (Å²) >= 11 is 5.88. The molecule has 1 aromatic rings. The van der Waals surface area contributed by atoms with E-state index >= 15 is 0 Å². The zero-order valence-corrected chi connectivity index (χ0v) is 11.5. The minimum Gasteiger partial charge on any atom is -0.383 e. The smallest absolute Gasteiger partial charge is 0.234 e. The molecule has 0 fully saturated rings. The summed E-state index contributed by atoms with van der Waals surface area (Å²) in [6, 6.07) is 5.73. The molecule has 0 spiro atoms. The Balaban J connectivity index is 2.26. The molecule has 0 heterocycles. The van der Waals surface area contributed by atoms with Gasteiger partial charge in [0, 0.05) is 25.2 Å². The van der Waals surface area contributed by atoms with Crippen LogP contribution in [0, 0.1) is 6.92 Å². The Hall–Kier alpha value is -1.10. The van der Waals surface area contributed by atoms with Crippen molar-refractivity contribution in [2.75, 3.05) is 26.8 Å². The summed E-state index contributed by atoms with van der Waals surface area (Å²) in [6.07, 6.45) is 0. The van der Waals surface area contributed by atoms with Crippen LogP contribution in [0.4, 0.5) is 0 Å². The normalized spacial score (nSPS) is 10.4. The third-order valence-corrected chi connectivity index (χ3v) is 2.77. The van der Waals surface area contributed by atoms with Crippen LogP contribution in [0.3, 0.4) is 0 Å². The van der Waals surface area contributed by atoms with E-state index in [9.17, 15) is 4.79 Å². The highest BCUT2D eigenvalue weighted by Gasteiger charge is 2.02. The van der Waals surface area contributed by atoms with Crippen LogP contribution in [0.5, 0.6) is 0 Å². The molecule has 18 heavy (non-hydrogen) atoms. The van der Waals surface area contributed by atoms with Crippen LogP contribution in [0.1, 0.15) is 11.1 Å². The molecule has 4 nitrogen and oxygen atoms in total. The van der Waals surface area contributed by atoms with Crippen LogP contribution < -0.4 is 10.6 Å². The molecule has 1 amide bonds. The van der Waals surface area contributed by atoms with E-state index < -0.39 is 0 Å². The van der Waals surface area contributed by atoms with Crippen LogP contribution in [0.25, 0.3) is 0 Å². The molecule has 1 rings (SSSR count). The first-order valence-corrected chi connectivity index (χ1v) is 6.22. The predicted molar refractivity (Wildman–Crippen MR) is 72.8 cm³/mol. The minimum atomic E-state index is -0.0290. The Morgan fingerprint density at radius 3 is 2.89 bits per heavy atom. The highest BCUT2D eigenvalue weighted by atomic mass is 35.5. The number of hydrogen-bond donors (Lipinski definition) is 2. The van der Waals surface area contributed by atoms with Gasteiger partial charge in [-0.25, -0.2) is 0 Å². The van der Waals surface area contributed by atoms with Gasteiger partial charge in [0.15, 0.2) is 0 Å². The second-order valence-electron chi connectivity index (χ2n) is 4.02. The van der Waals surface area contributed by atoms with Crippen LogP contribution >= 0.6 is 11.6 Å². The lowest BCUT2D eigenvalue weighted by atomic mass is 10.1. The highest BCUT2D eigenvalue weighted by molar-refractivity contribution is 6.30. The van der Waals surface area contributed by atoms with Gasteiger partial charge < -0.3 is 15.4 Å². The Kier molecular flexibility index (Phi) is 6.72. The fourth-order valence-electron chi connectivity index (χ4n) is 1.52. The van der Waals surface area contributed by atoms with Gasteiger partial charge in [-0.3, -0.25) is 4.79 Å². The average molecular weight is 271 g/mol.